The highest BCUT2D eigenvalue weighted by Crippen LogP contribution is 2.29. The molecule has 0 radical (unpaired) electrons. The molecule has 0 atom stereocenters. The van der Waals surface area contributed by atoms with Crippen LogP contribution < -0.4 is 14.8 Å². The van der Waals surface area contributed by atoms with Gasteiger partial charge in [-0.2, -0.15) is 0 Å². The third-order valence-corrected chi connectivity index (χ3v) is 4.65. The number of nitrogens with zero attached hydrogens (tertiary/aromatic N) is 2. The van der Waals surface area contributed by atoms with Crippen LogP contribution in [0.4, 0.5) is 10.5 Å². The third-order valence-electron chi connectivity index (χ3n) is 4.65. The Kier molecular flexibility index (Phi) is 6.07. The van der Waals surface area contributed by atoms with Crippen molar-refractivity contribution in [2.75, 3.05) is 26.6 Å². The van der Waals surface area contributed by atoms with Crippen LogP contribution in [0.3, 0.4) is 0 Å². The molecule has 29 heavy (non-hydrogen) atoms. The first-order chi connectivity index (χ1) is 13.9. The second kappa shape index (κ2) is 8.68. The summed E-state index contributed by atoms with van der Waals surface area (Å²) in [6.07, 6.45) is 0. The van der Waals surface area contributed by atoms with Crippen molar-refractivity contribution >= 4 is 11.7 Å². The van der Waals surface area contributed by atoms with Gasteiger partial charge in [-0.1, -0.05) is 18.2 Å². The van der Waals surface area contributed by atoms with Gasteiger partial charge in [0.15, 0.2) is 0 Å². The number of hydrogen-bond donors (Lipinski definition) is 1. The van der Waals surface area contributed by atoms with E-state index in [1.807, 2.05) is 38.1 Å². The Morgan fingerprint density at radius 2 is 1.90 bits per heavy atom. The molecule has 0 saturated heterocycles. The van der Waals surface area contributed by atoms with Gasteiger partial charge in [-0.05, 0) is 37.6 Å². The van der Waals surface area contributed by atoms with Crippen LogP contribution in [-0.4, -0.2) is 37.2 Å². The van der Waals surface area contributed by atoms with Crippen molar-refractivity contribution in [3.8, 4) is 23.0 Å². The summed E-state index contributed by atoms with van der Waals surface area (Å²) in [5, 5.41) is 2.85. The zero-order valence-electron chi connectivity index (χ0n) is 17.3. The average molecular weight is 395 g/mol. The lowest BCUT2D eigenvalue weighted by Gasteiger charge is -2.18. The average Bonchev–Trinajstić information content (AvgIpc) is 3.08. The second-order valence-corrected chi connectivity index (χ2v) is 6.69. The summed E-state index contributed by atoms with van der Waals surface area (Å²) >= 11 is 0. The molecule has 0 spiro atoms. The molecule has 0 unspecified atom stereocenters. The largest absolute Gasteiger partial charge is 0.497 e. The van der Waals surface area contributed by atoms with Crippen LogP contribution in [0.15, 0.2) is 46.9 Å². The van der Waals surface area contributed by atoms with Crippen molar-refractivity contribution in [3.63, 3.8) is 0 Å². The van der Waals surface area contributed by atoms with Crippen molar-refractivity contribution in [2.45, 2.75) is 20.4 Å². The van der Waals surface area contributed by atoms with Crippen LogP contribution >= 0.6 is 0 Å². The molecular formula is C22H25N3O4. The fourth-order valence-electron chi connectivity index (χ4n) is 2.92. The lowest BCUT2D eigenvalue weighted by Crippen LogP contribution is -2.31. The molecule has 7 nitrogen and oxygen atoms in total. The quantitative estimate of drug-likeness (QED) is 0.658. The topological polar surface area (TPSA) is 76.8 Å². The second-order valence-electron chi connectivity index (χ2n) is 6.69. The fraction of sp³-hybridized carbons (Fsp3) is 0.273. The summed E-state index contributed by atoms with van der Waals surface area (Å²) in [4.78, 5) is 18.8. The number of amides is 2. The first-order valence-electron chi connectivity index (χ1n) is 9.19. The van der Waals surface area contributed by atoms with Gasteiger partial charge in [-0.3, -0.25) is 0 Å². The lowest BCUT2D eigenvalue weighted by atomic mass is 10.1. The summed E-state index contributed by atoms with van der Waals surface area (Å²) < 4.78 is 16.4. The van der Waals surface area contributed by atoms with E-state index in [1.165, 1.54) is 4.90 Å². The minimum atomic E-state index is -0.295. The van der Waals surface area contributed by atoms with Gasteiger partial charge in [0, 0.05) is 18.7 Å². The molecule has 1 heterocycles. The summed E-state index contributed by atoms with van der Waals surface area (Å²) in [5.41, 5.74) is 3.26. The number of ether oxygens (including phenoxy) is 2. The lowest BCUT2D eigenvalue weighted by molar-refractivity contribution is 0.220. The van der Waals surface area contributed by atoms with Gasteiger partial charge in [0.25, 0.3) is 0 Å². The Hall–Kier alpha value is -3.48. The SMILES string of the molecule is COc1ccc(OC)c(NC(=O)N(C)Cc2nc(-c3ccccc3C)oc2C)c1. The zero-order chi connectivity index (χ0) is 21.0. The molecule has 0 bridgehead atoms. The molecule has 152 valence electrons. The van der Waals surface area contributed by atoms with Gasteiger partial charge < -0.3 is 24.1 Å². The summed E-state index contributed by atoms with van der Waals surface area (Å²) in [5.74, 6) is 2.41. The molecule has 1 N–H and O–H groups in total. The van der Waals surface area contributed by atoms with Crippen molar-refractivity contribution in [1.82, 2.24) is 9.88 Å². The number of anilines is 1. The van der Waals surface area contributed by atoms with Gasteiger partial charge >= 0.3 is 6.03 Å². The van der Waals surface area contributed by atoms with Crippen molar-refractivity contribution < 1.29 is 18.7 Å². The molecule has 7 heteroatoms. The molecule has 0 aliphatic carbocycles. The van der Waals surface area contributed by atoms with E-state index in [2.05, 4.69) is 10.3 Å². The van der Waals surface area contributed by atoms with Crippen molar-refractivity contribution in [3.05, 3.63) is 59.5 Å². The predicted molar refractivity (Wildman–Crippen MR) is 111 cm³/mol. The Bertz CT molecular complexity index is 1010. The molecular weight excluding hydrogens is 370 g/mol. The number of aryl methyl sites for hydroxylation is 2. The Morgan fingerprint density at radius 1 is 1.14 bits per heavy atom. The molecule has 1 aromatic heterocycles. The Labute approximate surface area is 170 Å². The van der Waals surface area contributed by atoms with Crippen molar-refractivity contribution in [1.29, 1.82) is 0 Å². The molecule has 0 fully saturated rings. The van der Waals surface area contributed by atoms with Gasteiger partial charge in [0.2, 0.25) is 5.89 Å². The third kappa shape index (κ3) is 4.51. The van der Waals surface area contributed by atoms with E-state index in [-0.39, 0.29) is 6.03 Å². The number of urea groups is 1. The zero-order valence-corrected chi connectivity index (χ0v) is 17.3. The molecule has 2 aromatic carbocycles. The summed E-state index contributed by atoms with van der Waals surface area (Å²) in [7, 11) is 4.81. The van der Waals surface area contributed by atoms with E-state index in [0.717, 1.165) is 11.1 Å². The number of nitrogens with one attached hydrogen (secondary N) is 1. The molecule has 3 aromatic rings. The van der Waals surface area contributed by atoms with Crippen LogP contribution in [-0.2, 0) is 6.54 Å². The smallest absolute Gasteiger partial charge is 0.322 e. The molecule has 2 amide bonds. The summed E-state index contributed by atoms with van der Waals surface area (Å²) in [6, 6.07) is 12.8. The van der Waals surface area contributed by atoms with E-state index in [1.54, 1.807) is 39.5 Å². The van der Waals surface area contributed by atoms with Crippen LogP contribution in [0.25, 0.3) is 11.5 Å². The van der Waals surface area contributed by atoms with E-state index in [4.69, 9.17) is 13.9 Å². The number of methoxy groups -OCH3 is 2. The van der Waals surface area contributed by atoms with E-state index < -0.39 is 0 Å². The highest BCUT2D eigenvalue weighted by atomic mass is 16.5. The molecule has 3 rings (SSSR count). The number of carbonyl (C=O) groups is 1. The molecule has 0 saturated carbocycles. The van der Waals surface area contributed by atoms with Gasteiger partial charge in [0.1, 0.15) is 23.0 Å². The van der Waals surface area contributed by atoms with Crippen LogP contribution in [0.1, 0.15) is 17.0 Å². The highest BCUT2D eigenvalue weighted by molar-refractivity contribution is 5.91. The van der Waals surface area contributed by atoms with Crippen LogP contribution in [0.5, 0.6) is 11.5 Å². The monoisotopic (exact) mass is 395 g/mol. The maximum atomic E-state index is 12.7. The highest BCUT2D eigenvalue weighted by Gasteiger charge is 2.18. The molecule has 0 aliphatic heterocycles. The van der Waals surface area contributed by atoms with Crippen LogP contribution in [0.2, 0.25) is 0 Å². The Balaban J connectivity index is 1.75. The number of hydrogen-bond acceptors (Lipinski definition) is 5. The Morgan fingerprint density at radius 3 is 2.59 bits per heavy atom. The maximum absolute atomic E-state index is 12.7. The minimum Gasteiger partial charge on any atom is -0.497 e. The predicted octanol–water partition coefficient (Wildman–Crippen LogP) is 4.64. The van der Waals surface area contributed by atoms with E-state index >= 15 is 0 Å². The maximum Gasteiger partial charge on any atom is 0.322 e. The number of carbonyl (C=O) groups excluding carboxylic acids is 1. The van der Waals surface area contributed by atoms with E-state index in [9.17, 15) is 4.79 Å². The minimum absolute atomic E-state index is 0.295. The number of benzene rings is 2. The van der Waals surface area contributed by atoms with Gasteiger partial charge in [0.05, 0.1) is 26.5 Å². The van der Waals surface area contributed by atoms with Crippen molar-refractivity contribution in [2.24, 2.45) is 0 Å². The van der Waals surface area contributed by atoms with Gasteiger partial charge in [-0.25, -0.2) is 9.78 Å². The van der Waals surface area contributed by atoms with Gasteiger partial charge in [-0.15, -0.1) is 0 Å². The number of aromatic nitrogens is 1. The standard InChI is InChI=1S/C22H25N3O4/c1-14-8-6-7-9-17(14)21-23-19(15(2)29-21)13-25(3)22(26)24-18-12-16(27-4)10-11-20(18)28-5/h6-12H,13H2,1-5H3,(H,24,26). The first kappa shape index (κ1) is 20.3. The number of rotatable bonds is 6. The number of oxazole rings is 1. The van der Waals surface area contributed by atoms with Crippen LogP contribution in [0, 0.1) is 13.8 Å². The summed E-state index contributed by atoms with van der Waals surface area (Å²) in [6.45, 7) is 4.16. The van der Waals surface area contributed by atoms with E-state index in [0.29, 0.717) is 41.1 Å². The normalized spacial score (nSPS) is 10.5. The molecule has 0 aliphatic rings. The first-order valence-corrected chi connectivity index (χ1v) is 9.19. The fourth-order valence-corrected chi connectivity index (χ4v) is 2.92.